The van der Waals surface area contributed by atoms with E-state index in [2.05, 4.69) is 5.10 Å². The highest BCUT2D eigenvalue weighted by molar-refractivity contribution is 6.30. The first-order valence-corrected chi connectivity index (χ1v) is 5.40. The molecule has 2 N–H and O–H groups in total. The topological polar surface area (TPSA) is 43.8 Å². The van der Waals surface area contributed by atoms with E-state index in [0.29, 0.717) is 16.3 Å². The average Bonchev–Trinajstić information content (AvgIpc) is 2.73. The molecule has 18 heavy (non-hydrogen) atoms. The molecule has 0 aliphatic carbocycles. The van der Waals surface area contributed by atoms with Gasteiger partial charge in [-0.25, -0.2) is 4.68 Å². The van der Waals surface area contributed by atoms with Crippen molar-refractivity contribution in [2.45, 2.75) is 12.7 Å². The third-order valence-electron chi connectivity index (χ3n) is 2.42. The average molecular weight is 276 g/mol. The van der Waals surface area contributed by atoms with Crippen molar-refractivity contribution in [3.63, 3.8) is 0 Å². The van der Waals surface area contributed by atoms with Crippen LogP contribution in [0.3, 0.4) is 0 Å². The number of aromatic nitrogens is 2. The van der Waals surface area contributed by atoms with Gasteiger partial charge in [0, 0.05) is 12.7 Å². The molecule has 0 fully saturated rings. The number of halogens is 4. The number of hydrogen-bond donors (Lipinski definition) is 1. The Morgan fingerprint density at radius 1 is 1.33 bits per heavy atom. The molecule has 1 aromatic carbocycles. The summed E-state index contributed by atoms with van der Waals surface area (Å²) in [4.78, 5) is 0. The number of hydrogen-bond acceptors (Lipinski definition) is 2. The van der Waals surface area contributed by atoms with Gasteiger partial charge in [0.25, 0.3) is 0 Å². The SMILES string of the molecule is NCc1cc(C(F)(F)F)ccc1-n1cc(Cl)cn1. The monoisotopic (exact) mass is 275 g/mol. The summed E-state index contributed by atoms with van der Waals surface area (Å²) in [6.07, 6.45) is -1.48. The second-order valence-corrected chi connectivity index (χ2v) is 4.08. The predicted molar refractivity (Wildman–Crippen MR) is 61.5 cm³/mol. The minimum Gasteiger partial charge on any atom is -0.326 e. The van der Waals surface area contributed by atoms with Crippen molar-refractivity contribution in [1.82, 2.24) is 9.78 Å². The smallest absolute Gasteiger partial charge is 0.326 e. The van der Waals surface area contributed by atoms with Gasteiger partial charge in [-0.3, -0.25) is 0 Å². The van der Waals surface area contributed by atoms with E-state index in [0.717, 1.165) is 12.1 Å². The summed E-state index contributed by atoms with van der Waals surface area (Å²) in [6, 6.07) is 3.34. The van der Waals surface area contributed by atoms with Crippen LogP contribution in [-0.4, -0.2) is 9.78 Å². The van der Waals surface area contributed by atoms with Gasteiger partial charge in [0.1, 0.15) is 0 Å². The number of alkyl halides is 3. The molecule has 96 valence electrons. The zero-order valence-corrected chi connectivity index (χ0v) is 9.83. The minimum atomic E-state index is -4.38. The normalized spacial score (nSPS) is 11.8. The van der Waals surface area contributed by atoms with E-state index >= 15 is 0 Å². The van der Waals surface area contributed by atoms with Gasteiger partial charge in [-0.15, -0.1) is 0 Å². The fourth-order valence-electron chi connectivity index (χ4n) is 1.58. The summed E-state index contributed by atoms with van der Waals surface area (Å²) in [5.41, 5.74) is 5.57. The van der Waals surface area contributed by atoms with Gasteiger partial charge >= 0.3 is 6.18 Å². The van der Waals surface area contributed by atoms with E-state index in [1.165, 1.54) is 23.1 Å². The van der Waals surface area contributed by atoms with Crippen LogP contribution in [0, 0.1) is 0 Å². The van der Waals surface area contributed by atoms with Crippen LogP contribution in [0.2, 0.25) is 5.02 Å². The maximum absolute atomic E-state index is 12.6. The van der Waals surface area contributed by atoms with Gasteiger partial charge in [-0.2, -0.15) is 18.3 Å². The molecule has 0 aliphatic rings. The fraction of sp³-hybridized carbons (Fsp3) is 0.182. The zero-order chi connectivity index (χ0) is 13.3. The molecule has 0 radical (unpaired) electrons. The van der Waals surface area contributed by atoms with Crippen molar-refractivity contribution in [3.8, 4) is 5.69 Å². The second kappa shape index (κ2) is 4.62. The van der Waals surface area contributed by atoms with Crippen LogP contribution in [0.4, 0.5) is 13.2 Å². The lowest BCUT2D eigenvalue weighted by Crippen LogP contribution is -2.10. The summed E-state index contributed by atoms with van der Waals surface area (Å²) in [7, 11) is 0. The molecule has 0 saturated carbocycles. The van der Waals surface area contributed by atoms with Gasteiger partial charge in [0.05, 0.1) is 22.5 Å². The van der Waals surface area contributed by atoms with Crippen molar-refractivity contribution in [2.75, 3.05) is 0 Å². The Bertz CT molecular complexity index is 563. The molecule has 0 saturated heterocycles. The molecule has 1 aromatic heterocycles. The highest BCUT2D eigenvalue weighted by Crippen LogP contribution is 2.31. The summed E-state index contributed by atoms with van der Waals surface area (Å²) in [5.74, 6) is 0. The Morgan fingerprint density at radius 3 is 2.56 bits per heavy atom. The number of rotatable bonds is 2. The van der Waals surface area contributed by atoms with Crippen molar-refractivity contribution < 1.29 is 13.2 Å². The van der Waals surface area contributed by atoms with Crippen LogP contribution in [-0.2, 0) is 12.7 Å². The first-order chi connectivity index (χ1) is 8.41. The summed E-state index contributed by atoms with van der Waals surface area (Å²) in [5, 5.41) is 4.34. The Labute approximate surface area is 106 Å². The van der Waals surface area contributed by atoms with Gasteiger partial charge in [-0.1, -0.05) is 11.6 Å². The van der Waals surface area contributed by atoms with Crippen molar-refractivity contribution in [1.29, 1.82) is 0 Å². The molecule has 1 heterocycles. The molecule has 2 rings (SSSR count). The predicted octanol–water partition coefficient (Wildman–Crippen LogP) is 3.00. The van der Waals surface area contributed by atoms with Gasteiger partial charge in [-0.05, 0) is 23.8 Å². The fourth-order valence-corrected chi connectivity index (χ4v) is 1.72. The molecule has 0 spiro atoms. The lowest BCUT2D eigenvalue weighted by atomic mass is 10.1. The molecule has 0 atom stereocenters. The van der Waals surface area contributed by atoms with E-state index in [4.69, 9.17) is 17.3 Å². The van der Waals surface area contributed by atoms with E-state index in [1.807, 2.05) is 0 Å². The van der Waals surface area contributed by atoms with Crippen LogP contribution in [0.15, 0.2) is 30.6 Å². The summed E-state index contributed by atoms with van der Waals surface area (Å²) < 4.78 is 39.1. The van der Waals surface area contributed by atoms with Gasteiger partial charge in [0.15, 0.2) is 0 Å². The minimum absolute atomic E-state index is 0.0171. The Hall–Kier alpha value is -1.53. The van der Waals surface area contributed by atoms with Crippen LogP contribution in [0.25, 0.3) is 5.69 Å². The quantitative estimate of drug-likeness (QED) is 0.916. The van der Waals surface area contributed by atoms with Crippen LogP contribution >= 0.6 is 11.6 Å². The first-order valence-electron chi connectivity index (χ1n) is 5.02. The van der Waals surface area contributed by atoms with E-state index in [9.17, 15) is 13.2 Å². The largest absolute Gasteiger partial charge is 0.416 e. The Kier molecular flexibility index (Phi) is 3.32. The Morgan fingerprint density at radius 2 is 2.06 bits per heavy atom. The maximum Gasteiger partial charge on any atom is 0.416 e. The third kappa shape index (κ3) is 2.49. The molecule has 0 aliphatic heterocycles. The van der Waals surface area contributed by atoms with E-state index in [1.54, 1.807) is 0 Å². The van der Waals surface area contributed by atoms with Crippen molar-refractivity contribution >= 4 is 11.6 Å². The lowest BCUT2D eigenvalue weighted by Gasteiger charge is -2.12. The summed E-state index contributed by atoms with van der Waals surface area (Å²) >= 11 is 5.72. The van der Waals surface area contributed by atoms with Crippen molar-refractivity contribution in [2.24, 2.45) is 5.73 Å². The van der Waals surface area contributed by atoms with E-state index < -0.39 is 11.7 Å². The molecule has 3 nitrogen and oxygen atoms in total. The maximum atomic E-state index is 12.6. The van der Waals surface area contributed by atoms with Crippen LogP contribution in [0.5, 0.6) is 0 Å². The molecule has 0 bridgehead atoms. The highest BCUT2D eigenvalue weighted by Gasteiger charge is 2.31. The first kappa shape index (κ1) is 12.9. The molecular formula is C11H9ClF3N3. The highest BCUT2D eigenvalue weighted by atomic mass is 35.5. The van der Waals surface area contributed by atoms with Gasteiger partial charge in [0.2, 0.25) is 0 Å². The van der Waals surface area contributed by atoms with E-state index in [-0.39, 0.29) is 6.54 Å². The third-order valence-corrected chi connectivity index (χ3v) is 2.62. The zero-order valence-electron chi connectivity index (χ0n) is 9.08. The van der Waals surface area contributed by atoms with Crippen molar-refractivity contribution in [3.05, 3.63) is 46.7 Å². The number of nitrogens with zero attached hydrogens (tertiary/aromatic N) is 2. The molecule has 2 aromatic rings. The summed E-state index contributed by atoms with van der Waals surface area (Å²) in [6.45, 7) is -0.0171. The Balaban J connectivity index is 2.50. The van der Waals surface area contributed by atoms with Crippen LogP contribution in [0.1, 0.15) is 11.1 Å². The second-order valence-electron chi connectivity index (χ2n) is 3.65. The lowest BCUT2D eigenvalue weighted by molar-refractivity contribution is -0.137. The van der Waals surface area contributed by atoms with Crippen LogP contribution < -0.4 is 5.73 Å². The molecule has 0 amide bonds. The molecule has 7 heteroatoms. The molecular weight excluding hydrogens is 267 g/mol. The standard InChI is InChI=1S/C11H9ClF3N3/c12-9-5-17-18(6-9)10-2-1-8(11(13,14)15)3-7(10)4-16/h1-3,5-6H,4,16H2. The number of nitrogens with two attached hydrogens (primary N) is 1. The molecule has 0 unspecified atom stereocenters. The number of benzene rings is 1. The van der Waals surface area contributed by atoms with Gasteiger partial charge < -0.3 is 5.73 Å².